The van der Waals surface area contributed by atoms with Crippen LogP contribution in [-0.2, 0) is 0 Å². The topological polar surface area (TPSA) is 105 Å². The molecule has 0 atom stereocenters. The molecular formula is C30H41N3O4. The van der Waals surface area contributed by atoms with Gasteiger partial charge in [0.2, 0.25) is 0 Å². The first-order chi connectivity index (χ1) is 18.0. The summed E-state index contributed by atoms with van der Waals surface area (Å²) in [4.78, 5) is 23.2. The molecule has 0 saturated heterocycles. The Morgan fingerprint density at radius 1 is 0.865 bits per heavy atom. The van der Waals surface area contributed by atoms with E-state index in [1.54, 1.807) is 24.3 Å². The van der Waals surface area contributed by atoms with Crippen molar-refractivity contribution in [1.82, 2.24) is 0 Å². The molecular weight excluding hydrogens is 466 g/mol. The number of ether oxygens (including phenoxy) is 1. The summed E-state index contributed by atoms with van der Waals surface area (Å²) in [7, 11) is 0. The summed E-state index contributed by atoms with van der Waals surface area (Å²) in [5.41, 5.74) is 0.250. The van der Waals surface area contributed by atoms with Crippen LogP contribution in [0.4, 0.5) is 11.4 Å². The van der Waals surface area contributed by atoms with Crippen molar-refractivity contribution in [3.63, 3.8) is 0 Å². The number of hydrogen-bond donors (Lipinski definition) is 1. The van der Waals surface area contributed by atoms with Crippen LogP contribution in [0.25, 0.3) is 0 Å². The van der Waals surface area contributed by atoms with Crippen molar-refractivity contribution in [2.75, 3.05) is 11.9 Å². The van der Waals surface area contributed by atoms with E-state index >= 15 is 0 Å². The number of nitriles is 1. The van der Waals surface area contributed by atoms with Gasteiger partial charge < -0.3 is 10.1 Å². The van der Waals surface area contributed by atoms with Crippen LogP contribution in [0.1, 0.15) is 113 Å². The number of hydrogen-bond acceptors (Lipinski definition) is 5. The van der Waals surface area contributed by atoms with Crippen molar-refractivity contribution in [3.05, 3.63) is 63.7 Å². The average Bonchev–Trinajstić information content (AvgIpc) is 2.91. The molecule has 0 spiro atoms. The number of nitrogens with zero attached hydrogens (tertiary/aromatic N) is 2. The average molecular weight is 508 g/mol. The molecule has 0 aliphatic heterocycles. The number of rotatable bonds is 19. The van der Waals surface area contributed by atoms with E-state index in [4.69, 9.17) is 10.00 Å². The van der Waals surface area contributed by atoms with Crippen LogP contribution in [0, 0.1) is 21.4 Å². The van der Waals surface area contributed by atoms with Gasteiger partial charge in [-0.15, -0.1) is 0 Å². The third-order valence-electron chi connectivity index (χ3n) is 6.45. The molecule has 0 saturated carbocycles. The minimum Gasteiger partial charge on any atom is -0.494 e. The first-order valence-corrected chi connectivity index (χ1v) is 13.8. The normalized spacial score (nSPS) is 10.6. The van der Waals surface area contributed by atoms with E-state index < -0.39 is 10.8 Å². The molecule has 0 fully saturated rings. The molecule has 7 nitrogen and oxygen atoms in total. The summed E-state index contributed by atoms with van der Waals surface area (Å²) in [5.74, 6) is 0.224. The van der Waals surface area contributed by atoms with Crippen LogP contribution >= 0.6 is 0 Å². The van der Waals surface area contributed by atoms with Gasteiger partial charge in [0.1, 0.15) is 11.4 Å². The smallest absolute Gasteiger partial charge is 0.294 e. The Hall–Kier alpha value is -3.40. The lowest BCUT2D eigenvalue weighted by Crippen LogP contribution is -2.13. The van der Waals surface area contributed by atoms with Gasteiger partial charge in [0, 0.05) is 11.6 Å². The van der Waals surface area contributed by atoms with Gasteiger partial charge in [-0.25, -0.2) is 0 Å². The number of benzene rings is 2. The highest BCUT2D eigenvalue weighted by Gasteiger charge is 2.17. The highest BCUT2D eigenvalue weighted by atomic mass is 16.6. The summed E-state index contributed by atoms with van der Waals surface area (Å²) in [6.07, 6.45) is 18.4. The van der Waals surface area contributed by atoms with Gasteiger partial charge in [-0.2, -0.15) is 5.26 Å². The second-order valence-corrected chi connectivity index (χ2v) is 9.52. The Balaban J connectivity index is 1.57. The number of nitrogens with one attached hydrogen (secondary N) is 1. The number of carbonyl (C=O) groups is 1. The lowest BCUT2D eigenvalue weighted by Gasteiger charge is -2.09. The molecule has 1 amide bonds. The minimum atomic E-state index is -0.620. The van der Waals surface area contributed by atoms with E-state index in [1.807, 2.05) is 6.07 Å². The first kappa shape index (κ1) is 29.8. The number of amides is 1. The van der Waals surface area contributed by atoms with Gasteiger partial charge in [-0.3, -0.25) is 14.9 Å². The maximum Gasteiger partial charge on any atom is 0.294 e. The molecule has 2 aromatic rings. The van der Waals surface area contributed by atoms with Crippen molar-refractivity contribution in [3.8, 4) is 11.8 Å². The second kappa shape index (κ2) is 17.9. The molecule has 0 bridgehead atoms. The highest BCUT2D eigenvalue weighted by Crippen LogP contribution is 2.26. The lowest BCUT2D eigenvalue weighted by atomic mass is 10.0. The molecule has 0 radical (unpaired) electrons. The molecule has 0 aliphatic carbocycles. The van der Waals surface area contributed by atoms with Crippen LogP contribution in [0.5, 0.6) is 5.75 Å². The van der Waals surface area contributed by atoms with Crippen LogP contribution in [0.15, 0.2) is 42.5 Å². The van der Waals surface area contributed by atoms with Crippen LogP contribution in [0.2, 0.25) is 0 Å². The summed E-state index contributed by atoms with van der Waals surface area (Å²) in [5, 5.41) is 22.7. The van der Waals surface area contributed by atoms with Gasteiger partial charge in [-0.1, -0.05) is 90.4 Å². The van der Waals surface area contributed by atoms with Crippen LogP contribution < -0.4 is 10.1 Å². The molecule has 7 heteroatoms. The fourth-order valence-corrected chi connectivity index (χ4v) is 4.24. The van der Waals surface area contributed by atoms with E-state index in [9.17, 15) is 14.9 Å². The van der Waals surface area contributed by atoms with E-state index in [2.05, 4.69) is 12.2 Å². The number of nitro groups is 1. The Bertz CT molecular complexity index is 999. The monoisotopic (exact) mass is 507 g/mol. The van der Waals surface area contributed by atoms with E-state index in [1.165, 1.54) is 89.2 Å². The van der Waals surface area contributed by atoms with Crippen molar-refractivity contribution >= 4 is 17.3 Å². The third-order valence-corrected chi connectivity index (χ3v) is 6.45. The maximum absolute atomic E-state index is 12.5. The Kier molecular flexibility index (Phi) is 14.5. The predicted molar refractivity (Wildman–Crippen MR) is 148 cm³/mol. The van der Waals surface area contributed by atoms with E-state index in [0.29, 0.717) is 17.9 Å². The molecule has 2 aromatic carbocycles. The maximum atomic E-state index is 12.5. The van der Waals surface area contributed by atoms with Crippen molar-refractivity contribution in [1.29, 1.82) is 5.26 Å². The van der Waals surface area contributed by atoms with E-state index in [0.717, 1.165) is 18.9 Å². The van der Waals surface area contributed by atoms with Gasteiger partial charge in [0.05, 0.1) is 23.2 Å². The zero-order valence-electron chi connectivity index (χ0n) is 22.2. The number of carbonyl (C=O) groups excluding carboxylic acids is 1. The molecule has 0 unspecified atom stereocenters. The molecule has 200 valence electrons. The van der Waals surface area contributed by atoms with Gasteiger partial charge in [0.15, 0.2) is 0 Å². The Morgan fingerprint density at radius 3 is 1.92 bits per heavy atom. The van der Waals surface area contributed by atoms with Crippen molar-refractivity contribution in [2.45, 2.75) is 96.8 Å². The molecule has 0 aromatic heterocycles. The molecule has 2 rings (SSSR count). The van der Waals surface area contributed by atoms with Crippen molar-refractivity contribution < 1.29 is 14.5 Å². The van der Waals surface area contributed by atoms with Gasteiger partial charge >= 0.3 is 0 Å². The zero-order valence-corrected chi connectivity index (χ0v) is 22.2. The summed E-state index contributed by atoms with van der Waals surface area (Å²) >= 11 is 0. The SMILES string of the molecule is CCCCCCCCCCCCCCCCOc1ccc(C(=O)Nc2ccc(C#N)cc2[N+](=O)[O-])cc1. The second-order valence-electron chi connectivity index (χ2n) is 9.52. The zero-order chi connectivity index (χ0) is 26.7. The van der Waals surface area contributed by atoms with Crippen LogP contribution in [0.3, 0.4) is 0 Å². The molecule has 37 heavy (non-hydrogen) atoms. The number of anilines is 1. The fourth-order valence-electron chi connectivity index (χ4n) is 4.24. The molecule has 0 heterocycles. The van der Waals surface area contributed by atoms with Gasteiger partial charge in [-0.05, 0) is 42.8 Å². The number of nitro benzene ring substituents is 1. The molecule has 0 aliphatic rings. The Labute approximate surface area is 221 Å². The molecule has 1 N–H and O–H groups in total. The van der Waals surface area contributed by atoms with Gasteiger partial charge in [0.25, 0.3) is 11.6 Å². The standard InChI is InChI=1S/C30H41N3O4/c1-2-3-4-5-6-7-8-9-10-11-12-13-14-15-22-37-27-19-17-26(18-20-27)30(34)32-28-21-16-25(24-31)23-29(28)33(35)36/h16-21,23H,2-15,22H2,1H3,(H,32,34). The summed E-state index contributed by atoms with van der Waals surface area (Å²) in [6.45, 7) is 2.90. The quantitative estimate of drug-likeness (QED) is 0.116. The fraction of sp³-hybridized carbons (Fsp3) is 0.533. The Morgan fingerprint density at radius 2 is 1.41 bits per heavy atom. The largest absolute Gasteiger partial charge is 0.494 e. The first-order valence-electron chi connectivity index (χ1n) is 13.8. The third kappa shape index (κ3) is 11.9. The minimum absolute atomic E-state index is 0.0483. The predicted octanol–water partition coefficient (Wildman–Crippen LogP) is 8.58. The van der Waals surface area contributed by atoms with Crippen molar-refractivity contribution in [2.24, 2.45) is 0 Å². The van der Waals surface area contributed by atoms with E-state index in [-0.39, 0.29) is 16.9 Å². The number of unbranched alkanes of at least 4 members (excludes halogenated alkanes) is 13. The van der Waals surface area contributed by atoms with Crippen LogP contribution in [-0.4, -0.2) is 17.4 Å². The summed E-state index contributed by atoms with van der Waals surface area (Å²) < 4.78 is 5.79. The lowest BCUT2D eigenvalue weighted by molar-refractivity contribution is -0.383. The summed E-state index contributed by atoms with van der Waals surface area (Å²) in [6, 6.07) is 12.5. The highest BCUT2D eigenvalue weighted by molar-refractivity contribution is 6.05.